The normalized spacial score (nSPS) is 23.4. The Hall–Kier alpha value is -5.02. The van der Waals surface area contributed by atoms with Crippen molar-refractivity contribution in [1.29, 1.82) is 0 Å². The van der Waals surface area contributed by atoms with Crippen LogP contribution in [0.4, 0.5) is 11.4 Å². The Kier molecular flexibility index (Phi) is 11.1. The van der Waals surface area contributed by atoms with Crippen molar-refractivity contribution in [3.05, 3.63) is 118 Å². The van der Waals surface area contributed by atoms with E-state index in [9.17, 15) is 9.59 Å². The Balaban J connectivity index is 0.000000159. The predicted molar refractivity (Wildman–Crippen MR) is 199 cm³/mol. The van der Waals surface area contributed by atoms with E-state index >= 15 is 0 Å². The molecule has 0 radical (unpaired) electrons. The summed E-state index contributed by atoms with van der Waals surface area (Å²) in [5, 5.41) is 12.0. The number of carbonyl (C=O) groups is 2. The molecule has 50 heavy (non-hydrogen) atoms. The molecule has 4 aliphatic rings. The summed E-state index contributed by atoms with van der Waals surface area (Å²) in [4.78, 5) is 25.0. The minimum Gasteiger partial charge on any atom is -0.497 e. The van der Waals surface area contributed by atoms with Crippen molar-refractivity contribution in [2.45, 2.75) is 33.1 Å². The average molecular weight is 679 g/mol. The molecule has 1 amide bonds. The molecule has 9 heteroatoms. The van der Waals surface area contributed by atoms with Crippen LogP contribution in [-0.2, 0) is 0 Å². The molecular formula is C41H50N4O5. The van der Waals surface area contributed by atoms with Gasteiger partial charge in [-0.3, -0.25) is 4.79 Å². The molecule has 264 valence electrons. The van der Waals surface area contributed by atoms with E-state index in [4.69, 9.17) is 26.0 Å². The van der Waals surface area contributed by atoms with E-state index < -0.39 is 5.97 Å². The highest BCUT2D eigenvalue weighted by Gasteiger charge is 2.57. The summed E-state index contributed by atoms with van der Waals surface area (Å²) in [7, 11) is 3.40. The maximum atomic E-state index is 12.7. The third-order valence-electron chi connectivity index (χ3n) is 10.6. The number of ether oxygens (including phenoxy) is 2. The van der Waals surface area contributed by atoms with E-state index in [0.717, 1.165) is 53.5 Å². The third-order valence-corrected chi connectivity index (χ3v) is 10.6. The van der Waals surface area contributed by atoms with Crippen molar-refractivity contribution >= 4 is 23.3 Å². The Bertz CT molecular complexity index is 1790. The summed E-state index contributed by atoms with van der Waals surface area (Å²) in [5.41, 5.74) is 18.3. The van der Waals surface area contributed by atoms with Crippen LogP contribution in [0.2, 0.25) is 0 Å². The van der Waals surface area contributed by atoms with Gasteiger partial charge in [-0.15, -0.1) is 0 Å². The molecule has 6 N–H and O–H groups in total. The van der Waals surface area contributed by atoms with Gasteiger partial charge in [0.05, 0.1) is 19.8 Å². The number of amides is 1. The fourth-order valence-corrected chi connectivity index (χ4v) is 7.48. The van der Waals surface area contributed by atoms with Gasteiger partial charge < -0.3 is 36.3 Å². The van der Waals surface area contributed by atoms with Gasteiger partial charge in [0.15, 0.2) is 0 Å². The van der Waals surface area contributed by atoms with Crippen molar-refractivity contribution in [2.75, 3.05) is 51.9 Å². The second-order valence-electron chi connectivity index (χ2n) is 13.6. The van der Waals surface area contributed by atoms with Crippen molar-refractivity contribution < 1.29 is 24.2 Å². The molecule has 2 unspecified atom stereocenters. The highest BCUT2D eigenvalue weighted by atomic mass is 16.5. The van der Waals surface area contributed by atoms with Crippen molar-refractivity contribution in [1.82, 2.24) is 10.2 Å². The molecule has 2 saturated carbocycles. The fraction of sp³-hybridized carbons (Fsp3) is 0.366. The first-order valence-electron chi connectivity index (χ1n) is 16.8. The van der Waals surface area contributed by atoms with Gasteiger partial charge in [-0.25, -0.2) is 4.79 Å². The number of benzene rings is 4. The Morgan fingerprint density at radius 3 is 1.52 bits per heavy atom. The number of nitrogens with two attached hydrogens (primary N) is 2. The van der Waals surface area contributed by atoms with Gasteiger partial charge in [0.25, 0.3) is 5.91 Å². The van der Waals surface area contributed by atoms with Crippen LogP contribution in [0, 0.1) is 37.5 Å². The number of carboxylic acid groups (broad SMARTS) is 1. The number of aromatic carboxylic acids is 1. The number of anilines is 2. The number of fused-ring (bicyclic) bond motifs is 2. The SMILES string of the molecule is C.COc1ccc(C2[C@H]3CN(C(=O)c4ccc(C)c(N)c4)C[C@@H]23)cc1.COc1ccc(C2[C@H]3CNC[C@@H]23)cc1.Cc1ccc(C(=O)O)cc1N. The summed E-state index contributed by atoms with van der Waals surface area (Å²) in [6, 6.07) is 27.1. The van der Waals surface area contributed by atoms with Crippen LogP contribution >= 0.6 is 0 Å². The second-order valence-corrected chi connectivity index (χ2v) is 13.6. The molecule has 4 aromatic rings. The maximum Gasteiger partial charge on any atom is 0.335 e. The van der Waals surface area contributed by atoms with Gasteiger partial charge in [0, 0.05) is 30.0 Å². The van der Waals surface area contributed by atoms with Gasteiger partial charge in [-0.05, 0) is 133 Å². The Morgan fingerprint density at radius 2 is 1.10 bits per heavy atom. The summed E-state index contributed by atoms with van der Waals surface area (Å²) in [5.74, 6) is 5.39. The minimum absolute atomic E-state index is 0. The Labute approximate surface area is 295 Å². The van der Waals surface area contributed by atoms with E-state index in [-0.39, 0.29) is 18.9 Å². The van der Waals surface area contributed by atoms with Gasteiger partial charge >= 0.3 is 5.97 Å². The highest BCUT2D eigenvalue weighted by Crippen LogP contribution is 2.58. The zero-order chi connectivity index (χ0) is 34.8. The zero-order valence-corrected chi connectivity index (χ0v) is 28.6. The number of carboxylic acids is 1. The average Bonchev–Trinajstić information content (AvgIpc) is 3.82. The van der Waals surface area contributed by atoms with E-state index in [1.165, 1.54) is 36.3 Å². The fourth-order valence-electron chi connectivity index (χ4n) is 7.48. The molecule has 2 aliphatic heterocycles. The molecule has 8 rings (SSSR count). The lowest BCUT2D eigenvalue weighted by atomic mass is 10.1. The van der Waals surface area contributed by atoms with Crippen molar-refractivity contribution in [3.63, 3.8) is 0 Å². The standard InChI is InChI=1S/C20H22N2O2.C12H15NO.C8H9NO2.CH4/c1-12-3-4-14(9-18(12)21)20(23)22-10-16-17(11-22)19(16)13-5-7-15(24-2)8-6-13;1-14-9-4-2-8(3-5-9)12-10-6-13-7-11(10)12;1-5-2-3-6(8(10)11)4-7(5)9;/h3-9,16-17,19H,10-11,21H2,1-2H3;2-5,10-13H,6-7H2,1H3;2-4H,9H2,1H3,(H,10,11);1H4/t16-,17+,19?;10-,11+,12?;;. The lowest BCUT2D eigenvalue weighted by Crippen LogP contribution is -2.31. The second kappa shape index (κ2) is 15.3. The molecule has 2 heterocycles. The monoisotopic (exact) mass is 678 g/mol. The number of rotatable bonds is 6. The molecule has 4 aromatic carbocycles. The quantitative estimate of drug-likeness (QED) is 0.167. The molecule has 0 aromatic heterocycles. The minimum atomic E-state index is -0.947. The molecular weight excluding hydrogens is 628 g/mol. The zero-order valence-electron chi connectivity index (χ0n) is 28.6. The van der Waals surface area contributed by atoms with Crippen LogP contribution in [0.15, 0.2) is 84.9 Å². The van der Waals surface area contributed by atoms with Gasteiger partial charge in [-0.2, -0.15) is 0 Å². The molecule has 9 nitrogen and oxygen atoms in total. The number of aryl methyl sites for hydroxylation is 2. The van der Waals surface area contributed by atoms with Crippen molar-refractivity contribution in [2.24, 2.45) is 23.7 Å². The first kappa shape index (κ1) is 36.3. The predicted octanol–water partition coefficient (Wildman–Crippen LogP) is 6.61. The van der Waals surface area contributed by atoms with E-state index in [1.807, 2.05) is 43.0 Å². The number of hydrogen-bond donors (Lipinski definition) is 4. The van der Waals surface area contributed by atoms with E-state index in [2.05, 4.69) is 41.7 Å². The van der Waals surface area contributed by atoms with Crippen LogP contribution < -0.4 is 26.3 Å². The van der Waals surface area contributed by atoms with E-state index in [1.54, 1.807) is 26.4 Å². The highest BCUT2D eigenvalue weighted by molar-refractivity contribution is 5.95. The first-order chi connectivity index (χ1) is 23.6. The van der Waals surface area contributed by atoms with Crippen LogP contribution in [0.1, 0.15) is 62.2 Å². The number of likely N-dealkylation sites (tertiary alicyclic amines) is 1. The molecule has 4 fully saturated rings. The molecule has 6 atom stereocenters. The van der Waals surface area contributed by atoms with Gasteiger partial charge in [0.2, 0.25) is 0 Å². The summed E-state index contributed by atoms with van der Waals surface area (Å²) in [6.07, 6.45) is 0. The smallest absolute Gasteiger partial charge is 0.335 e. The van der Waals surface area contributed by atoms with Crippen LogP contribution in [0.3, 0.4) is 0 Å². The summed E-state index contributed by atoms with van der Waals surface area (Å²) < 4.78 is 10.4. The number of piperidine rings is 2. The lowest BCUT2D eigenvalue weighted by Gasteiger charge is -2.20. The van der Waals surface area contributed by atoms with Crippen molar-refractivity contribution in [3.8, 4) is 11.5 Å². The first-order valence-corrected chi connectivity index (χ1v) is 16.8. The lowest BCUT2D eigenvalue weighted by molar-refractivity contribution is 0.0696. The number of carbonyl (C=O) groups excluding carboxylic acids is 1. The van der Waals surface area contributed by atoms with Crippen LogP contribution in [0.25, 0.3) is 0 Å². The summed E-state index contributed by atoms with van der Waals surface area (Å²) in [6.45, 7) is 7.89. The van der Waals surface area contributed by atoms with Gasteiger partial charge in [-0.1, -0.05) is 43.8 Å². The molecule has 2 saturated heterocycles. The largest absolute Gasteiger partial charge is 0.497 e. The van der Waals surface area contributed by atoms with E-state index in [0.29, 0.717) is 34.7 Å². The molecule has 0 bridgehead atoms. The Morgan fingerprint density at radius 1 is 0.680 bits per heavy atom. The number of nitrogens with zero attached hydrogens (tertiary/aromatic N) is 1. The van der Waals surface area contributed by atoms with Gasteiger partial charge in [0.1, 0.15) is 11.5 Å². The van der Waals surface area contributed by atoms with Crippen LogP contribution in [-0.4, -0.2) is 62.3 Å². The topological polar surface area (TPSA) is 140 Å². The number of nitrogen functional groups attached to an aromatic ring is 2. The number of hydrogen-bond acceptors (Lipinski definition) is 7. The van der Waals surface area contributed by atoms with Crippen LogP contribution in [0.5, 0.6) is 11.5 Å². The maximum absolute atomic E-state index is 12.7. The summed E-state index contributed by atoms with van der Waals surface area (Å²) >= 11 is 0. The number of methoxy groups -OCH3 is 2. The molecule has 0 spiro atoms. The third kappa shape index (κ3) is 7.73. The molecule has 2 aliphatic carbocycles. The number of nitrogens with one attached hydrogen (secondary N) is 1.